The second kappa shape index (κ2) is 4.59. The topological polar surface area (TPSA) is 25.8 Å². The summed E-state index contributed by atoms with van der Waals surface area (Å²) >= 11 is 6.12. The summed E-state index contributed by atoms with van der Waals surface area (Å²) in [6, 6.07) is 12.1. The van der Waals surface area contributed by atoms with E-state index in [0.29, 0.717) is 16.7 Å². The monoisotopic (exact) mass is 272 g/mol. The van der Waals surface area contributed by atoms with Crippen molar-refractivity contribution >= 4 is 22.5 Å². The molecular formula is C15H10ClFN2. The number of nitrogens with zero attached hydrogens (tertiary/aromatic N) is 2. The molecule has 0 unspecified atom stereocenters. The van der Waals surface area contributed by atoms with Crippen molar-refractivity contribution in [1.82, 2.24) is 9.97 Å². The second-order valence-electron chi connectivity index (χ2n) is 4.31. The van der Waals surface area contributed by atoms with Gasteiger partial charge in [-0.2, -0.15) is 0 Å². The summed E-state index contributed by atoms with van der Waals surface area (Å²) in [6.07, 6.45) is 0. The predicted molar refractivity (Wildman–Crippen MR) is 74.7 cm³/mol. The van der Waals surface area contributed by atoms with E-state index in [1.165, 1.54) is 12.1 Å². The minimum Gasteiger partial charge on any atom is -0.228 e. The van der Waals surface area contributed by atoms with E-state index in [1.807, 2.05) is 31.2 Å². The standard InChI is InChI=1S/C15H10ClFN2/c1-9-4-2-3-5-11(9)15-18-13-7-6-10(17)8-12(13)14(16)19-15/h2-8H,1H3. The summed E-state index contributed by atoms with van der Waals surface area (Å²) in [5, 5.41) is 0.793. The molecule has 0 radical (unpaired) electrons. The molecule has 0 aliphatic rings. The van der Waals surface area contributed by atoms with Crippen LogP contribution in [-0.4, -0.2) is 9.97 Å². The van der Waals surface area contributed by atoms with E-state index in [0.717, 1.165) is 11.1 Å². The van der Waals surface area contributed by atoms with Crippen LogP contribution in [0.4, 0.5) is 4.39 Å². The van der Waals surface area contributed by atoms with E-state index in [9.17, 15) is 4.39 Å². The van der Waals surface area contributed by atoms with Crippen molar-refractivity contribution in [3.05, 3.63) is 59.0 Å². The molecule has 1 aromatic heterocycles. The summed E-state index contributed by atoms with van der Waals surface area (Å²) in [6.45, 7) is 1.99. The first-order valence-corrected chi connectivity index (χ1v) is 6.22. The third kappa shape index (κ3) is 2.17. The maximum Gasteiger partial charge on any atom is 0.161 e. The van der Waals surface area contributed by atoms with Crippen LogP contribution < -0.4 is 0 Å². The first kappa shape index (κ1) is 12.1. The molecule has 0 bridgehead atoms. The van der Waals surface area contributed by atoms with Crippen LogP contribution >= 0.6 is 11.6 Å². The Hall–Kier alpha value is -2.00. The van der Waals surface area contributed by atoms with E-state index in [-0.39, 0.29) is 11.0 Å². The third-order valence-corrected chi connectivity index (χ3v) is 3.29. The molecule has 3 rings (SSSR count). The van der Waals surface area contributed by atoms with Crippen molar-refractivity contribution in [3.8, 4) is 11.4 Å². The molecule has 1 heterocycles. The highest BCUT2D eigenvalue weighted by molar-refractivity contribution is 6.34. The van der Waals surface area contributed by atoms with Gasteiger partial charge in [-0.05, 0) is 30.7 Å². The van der Waals surface area contributed by atoms with Crippen LogP contribution in [0.1, 0.15) is 5.56 Å². The molecule has 2 aromatic carbocycles. The van der Waals surface area contributed by atoms with Crippen molar-refractivity contribution in [2.24, 2.45) is 0 Å². The van der Waals surface area contributed by atoms with Crippen LogP contribution in [0.2, 0.25) is 5.15 Å². The zero-order valence-corrected chi connectivity index (χ0v) is 10.9. The number of benzene rings is 2. The number of aromatic nitrogens is 2. The lowest BCUT2D eigenvalue weighted by atomic mass is 10.1. The third-order valence-electron chi connectivity index (χ3n) is 3.00. The van der Waals surface area contributed by atoms with Gasteiger partial charge in [0.2, 0.25) is 0 Å². The van der Waals surface area contributed by atoms with Crippen LogP contribution in [0, 0.1) is 12.7 Å². The maximum atomic E-state index is 13.2. The van der Waals surface area contributed by atoms with Crippen LogP contribution in [0.5, 0.6) is 0 Å². The van der Waals surface area contributed by atoms with Crippen LogP contribution in [-0.2, 0) is 0 Å². The molecular weight excluding hydrogens is 263 g/mol. The minimum absolute atomic E-state index is 0.266. The molecule has 3 aromatic rings. The fourth-order valence-electron chi connectivity index (χ4n) is 2.01. The van der Waals surface area contributed by atoms with Gasteiger partial charge in [-0.1, -0.05) is 35.9 Å². The molecule has 19 heavy (non-hydrogen) atoms. The van der Waals surface area contributed by atoms with Gasteiger partial charge in [0.1, 0.15) is 11.0 Å². The smallest absolute Gasteiger partial charge is 0.161 e. The van der Waals surface area contributed by atoms with Crippen LogP contribution in [0.3, 0.4) is 0 Å². The molecule has 0 fully saturated rings. The van der Waals surface area contributed by atoms with Crippen molar-refractivity contribution in [3.63, 3.8) is 0 Å². The van der Waals surface area contributed by atoms with Gasteiger partial charge in [0.05, 0.1) is 5.52 Å². The van der Waals surface area contributed by atoms with Gasteiger partial charge in [0, 0.05) is 10.9 Å². The number of hydrogen-bond acceptors (Lipinski definition) is 2. The lowest BCUT2D eigenvalue weighted by Gasteiger charge is -2.07. The molecule has 0 spiro atoms. The first-order chi connectivity index (χ1) is 9.15. The summed E-state index contributed by atoms with van der Waals surface area (Å²) in [5.74, 6) is 0.212. The van der Waals surface area contributed by atoms with E-state index >= 15 is 0 Å². The Morgan fingerprint density at radius 3 is 2.63 bits per heavy atom. The number of rotatable bonds is 1. The fraction of sp³-hybridized carbons (Fsp3) is 0.0667. The van der Waals surface area contributed by atoms with Crippen molar-refractivity contribution in [1.29, 1.82) is 0 Å². The number of aryl methyl sites for hydroxylation is 1. The summed E-state index contributed by atoms with van der Waals surface area (Å²) in [7, 11) is 0. The molecule has 0 saturated heterocycles. The predicted octanol–water partition coefficient (Wildman–Crippen LogP) is 4.40. The average molecular weight is 273 g/mol. The molecule has 0 saturated carbocycles. The van der Waals surface area contributed by atoms with Gasteiger partial charge in [0.25, 0.3) is 0 Å². The number of halogens is 2. The Kier molecular flexibility index (Phi) is 2.91. The largest absolute Gasteiger partial charge is 0.228 e. The SMILES string of the molecule is Cc1ccccc1-c1nc(Cl)c2cc(F)ccc2n1. The van der Waals surface area contributed by atoms with Gasteiger partial charge >= 0.3 is 0 Å². The van der Waals surface area contributed by atoms with Gasteiger partial charge in [-0.15, -0.1) is 0 Å². The summed E-state index contributed by atoms with van der Waals surface area (Å²) < 4.78 is 13.2. The molecule has 0 aliphatic heterocycles. The van der Waals surface area contributed by atoms with E-state index < -0.39 is 0 Å². The van der Waals surface area contributed by atoms with Crippen LogP contribution in [0.25, 0.3) is 22.3 Å². The lowest BCUT2D eigenvalue weighted by molar-refractivity contribution is 0.629. The average Bonchev–Trinajstić information content (AvgIpc) is 2.40. The normalized spacial score (nSPS) is 10.9. The van der Waals surface area contributed by atoms with E-state index in [2.05, 4.69) is 9.97 Å². The molecule has 0 N–H and O–H groups in total. The van der Waals surface area contributed by atoms with Gasteiger partial charge in [0.15, 0.2) is 5.82 Å². The van der Waals surface area contributed by atoms with Gasteiger partial charge in [-0.25, -0.2) is 14.4 Å². The Morgan fingerprint density at radius 1 is 1.05 bits per heavy atom. The number of fused-ring (bicyclic) bond motifs is 1. The first-order valence-electron chi connectivity index (χ1n) is 5.84. The Morgan fingerprint density at radius 2 is 1.84 bits per heavy atom. The van der Waals surface area contributed by atoms with Crippen molar-refractivity contribution in [2.75, 3.05) is 0 Å². The molecule has 0 amide bonds. The van der Waals surface area contributed by atoms with E-state index in [4.69, 9.17) is 11.6 Å². The van der Waals surface area contributed by atoms with Gasteiger partial charge < -0.3 is 0 Å². The van der Waals surface area contributed by atoms with E-state index in [1.54, 1.807) is 6.07 Å². The lowest BCUT2D eigenvalue weighted by Crippen LogP contribution is -1.94. The van der Waals surface area contributed by atoms with Crippen LogP contribution in [0.15, 0.2) is 42.5 Å². The van der Waals surface area contributed by atoms with Crippen molar-refractivity contribution < 1.29 is 4.39 Å². The molecule has 2 nitrogen and oxygen atoms in total. The van der Waals surface area contributed by atoms with Gasteiger partial charge in [-0.3, -0.25) is 0 Å². The maximum absolute atomic E-state index is 13.2. The Bertz CT molecular complexity index is 771. The number of hydrogen-bond donors (Lipinski definition) is 0. The quantitative estimate of drug-likeness (QED) is 0.614. The fourth-order valence-corrected chi connectivity index (χ4v) is 2.24. The molecule has 0 atom stereocenters. The Labute approximate surface area is 114 Å². The Balaban J connectivity index is 2.27. The zero-order valence-electron chi connectivity index (χ0n) is 10.2. The summed E-state index contributed by atoms with van der Waals surface area (Å²) in [4.78, 5) is 8.71. The zero-order chi connectivity index (χ0) is 13.4. The minimum atomic E-state index is -0.346. The molecule has 0 aliphatic carbocycles. The van der Waals surface area contributed by atoms with Crippen molar-refractivity contribution in [2.45, 2.75) is 6.92 Å². The second-order valence-corrected chi connectivity index (χ2v) is 4.67. The highest BCUT2D eigenvalue weighted by atomic mass is 35.5. The highest BCUT2D eigenvalue weighted by Gasteiger charge is 2.10. The molecule has 4 heteroatoms. The highest BCUT2D eigenvalue weighted by Crippen LogP contribution is 2.26. The molecule has 94 valence electrons. The summed E-state index contributed by atoms with van der Waals surface area (Å²) in [5.41, 5.74) is 2.63.